The molecule has 3 heterocycles. The molecule has 0 saturated carbocycles. The molecule has 0 aliphatic carbocycles. The van der Waals surface area contributed by atoms with Crippen LogP contribution in [0.5, 0.6) is 5.75 Å². The number of hydrogen-bond donors (Lipinski definition) is 1. The number of para-hydroxylation sites is 1. The van der Waals surface area contributed by atoms with Crippen molar-refractivity contribution in [2.45, 2.75) is 32.0 Å². The lowest BCUT2D eigenvalue weighted by atomic mass is 9.94. The number of hydrogen-bond acceptors (Lipinski definition) is 4. The van der Waals surface area contributed by atoms with Gasteiger partial charge in [-0.25, -0.2) is 0 Å². The number of nitrogens with two attached hydrogens (primary N) is 1. The molecule has 2 N–H and O–H groups in total. The Bertz CT molecular complexity index is 455. The molecule has 4 nitrogen and oxygen atoms in total. The van der Waals surface area contributed by atoms with E-state index in [4.69, 9.17) is 10.5 Å². The lowest BCUT2D eigenvalue weighted by Crippen LogP contribution is -2.63. The first-order valence-corrected chi connectivity index (χ1v) is 7.62. The van der Waals surface area contributed by atoms with E-state index in [9.17, 15) is 0 Å². The van der Waals surface area contributed by atoms with Gasteiger partial charge < -0.3 is 10.5 Å². The minimum absolute atomic E-state index is 0.0213. The second-order valence-corrected chi connectivity index (χ2v) is 6.13. The lowest BCUT2D eigenvalue weighted by Gasteiger charge is -2.49. The third-order valence-electron chi connectivity index (χ3n) is 4.38. The highest BCUT2D eigenvalue weighted by molar-refractivity contribution is 5.37. The van der Waals surface area contributed by atoms with Crippen LogP contribution in [-0.2, 0) is 0 Å². The van der Waals surface area contributed by atoms with E-state index in [0.29, 0.717) is 6.04 Å². The van der Waals surface area contributed by atoms with Crippen molar-refractivity contribution in [3.63, 3.8) is 0 Å². The van der Waals surface area contributed by atoms with Crippen molar-refractivity contribution in [2.24, 2.45) is 5.73 Å². The van der Waals surface area contributed by atoms with E-state index in [1.807, 2.05) is 12.1 Å². The van der Waals surface area contributed by atoms with Crippen LogP contribution in [0.4, 0.5) is 0 Å². The Kier molecular flexibility index (Phi) is 3.96. The smallest absolute Gasteiger partial charge is 0.124 e. The summed E-state index contributed by atoms with van der Waals surface area (Å²) in [5.41, 5.74) is 7.72. The summed E-state index contributed by atoms with van der Waals surface area (Å²) in [6, 6.07) is 8.65. The van der Waals surface area contributed by atoms with Crippen molar-refractivity contribution in [1.29, 1.82) is 0 Å². The van der Waals surface area contributed by atoms with Gasteiger partial charge in [0.15, 0.2) is 0 Å². The molecule has 0 aromatic heterocycles. The van der Waals surface area contributed by atoms with Gasteiger partial charge in [-0.1, -0.05) is 18.2 Å². The predicted octanol–water partition coefficient (Wildman–Crippen LogP) is 1.47. The zero-order chi connectivity index (χ0) is 14.1. The second kappa shape index (κ2) is 5.72. The van der Waals surface area contributed by atoms with E-state index in [0.717, 1.165) is 30.9 Å². The first-order chi connectivity index (χ1) is 9.65. The highest BCUT2D eigenvalue weighted by Gasteiger charge is 2.36. The van der Waals surface area contributed by atoms with Crippen molar-refractivity contribution in [2.75, 3.05) is 32.7 Å². The summed E-state index contributed by atoms with van der Waals surface area (Å²) in [6.45, 7) is 9.86. The molecular weight excluding hydrogens is 250 g/mol. The van der Waals surface area contributed by atoms with Gasteiger partial charge in [0.25, 0.3) is 0 Å². The molecule has 2 bridgehead atoms. The summed E-state index contributed by atoms with van der Waals surface area (Å²) in [5.74, 6) is 0.938. The maximum Gasteiger partial charge on any atom is 0.124 e. The summed E-state index contributed by atoms with van der Waals surface area (Å²) in [5, 5.41) is 0. The van der Waals surface area contributed by atoms with Crippen LogP contribution < -0.4 is 10.5 Å². The van der Waals surface area contributed by atoms with Gasteiger partial charge in [0.1, 0.15) is 5.75 Å². The van der Waals surface area contributed by atoms with Gasteiger partial charge in [0, 0.05) is 44.3 Å². The first kappa shape index (κ1) is 13.9. The van der Waals surface area contributed by atoms with Crippen molar-refractivity contribution >= 4 is 0 Å². The van der Waals surface area contributed by atoms with Gasteiger partial charge in [0.05, 0.1) is 12.1 Å². The van der Waals surface area contributed by atoms with Crippen LogP contribution in [0.2, 0.25) is 0 Å². The van der Waals surface area contributed by atoms with Crippen LogP contribution in [0.3, 0.4) is 0 Å². The maximum absolute atomic E-state index is 6.58. The molecule has 1 aromatic carbocycles. The van der Waals surface area contributed by atoms with Crippen LogP contribution in [0, 0.1) is 0 Å². The Labute approximate surface area is 121 Å². The van der Waals surface area contributed by atoms with Crippen LogP contribution >= 0.6 is 0 Å². The lowest BCUT2D eigenvalue weighted by molar-refractivity contribution is 0.00171. The van der Waals surface area contributed by atoms with Gasteiger partial charge in [-0.2, -0.15) is 0 Å². The molecule has 2 atom stereocenters. The fourth-order valence-corrected chi connectivity index (χ4v) is 3.32. The number of fused-ring (bicyclic) bond motifs is 3. The topological polar surface area (TPSA) is 41.7 Å². The number of rotatable bonds is 4. The Morgan fingerprint density at radius 3 is 2.45 bits per heavy atom. The van der Waals surface area contributed by atoms with E-state index in [2.05, 4.69) is 35.8 Å². The van der Waals surface area contributed by atoms with Gasteiger partial charge in [-0.15, -0.1) is 0 Å². The standard InChI is InChI=1S/C16H25N3O/c1-12(2)20-15-6-4-3-5-13(15)16(17)14-11-18-7-9-19(14)10-8-18/h3-6,12,14,16H,7-11,17H2,1-2H3. The highest BCUT2D eigenvalue weighted by atomic mass is 16.5. The van der Waals surface area contributed by atoms with Crippen molar-refractivity contribution in [3.05, 3.63) is 29.8 Å². The number of ether oxygens (including phenoxy) is 1. The van der Waals surface area contributed by atoms with Crippen LogP contribution in [-0.4, -0.2) is 54.7 Å². The average Bonchev–Trinajstić information content (AvgIpc) is 2.47. The Morgan fingerprint density at radius 1 is 1.15 bits per heavy atom. The monoisotopic (exact) mass is 275 g/mol. The van der Waals surface area contributed by atoms with Gasteiger partial charge >= 0.3 is 0 Å². The molecule has 4 rings (SSSR count). The fourth-order valence-electron chi connectivity index (χ4n) is 3.32. The number of nitrogens with zero attached hydrogens (tertiary/aromatic N) is 2. The summed E-state index contributed by atoms with van der Waals surface area (Å²) >= 11 is 0. The molecular formula is C16H25N3O. The molecule has 0 amide bonds. The summed E-state index contributed by atoms with van der Waals surface area (Å²) in [6.07, 6.45) is 0.176. The SMILES string of the molecule is CC(C)Oc1ccccc1C(N)C1CN2CCN1CC2. The fraction of sp³-hybridized carbons (Fsp3) is 0.625. The zero-order valence-corrected chi connectivity index (χ0v) is 12.5. The van der Waals surface area contributed by atoms with E-state index >= 15 is 0 Å². The summed E-state index contributed by atoms with van der Waals surface area (Å²) in [4.78, 5) is 5.06. The van der Waals surface area contributed by atoms with Gasteiger partial charge in [-0.3, -0.25) is 9.80 Å². The van der Waals surface area contributed by atoms with Crippen LogP contribution in [0.1, 0.15) is 25.5 Å². The third-order valence-corrected chi connectivity index (χ3v) is 4.38. The molecule has 3 aliphatic rings. The quantitative estimate of drug-likeness (QED) is 0.903. The van der Waals surface area contributed by atoms with Crippen molar-refractivity contribution < 1.29 is 4.74 Å². The molecule has 2 unspecified atom stereocenters. The molecule has 1 aromatic rings. The van der Waals surface area contributed by atoms with E-state index in [1.165, 1.54) is 13.1 Å². The van der Waals surface area contributed by atoms with Crippen LogP contribution in [0.15, 0.2) is 24.3 Å². The average molecular weight is 275 g/mol. The van der Waals surface area contributed by atoms with Gasteiger partial charge in [-0.05, 0) is 19.9 Å². The van der Waals surface area contributed by atoms with Gasteiger partial charge in [0.2, 0.25) is 0 Å². The Balaban J connectivity index is 1.81. The Hall–Kier alpha value is -1.10. The predicted molar refractivity (Wildman–Crippen MR) is 80.9 cm³/mol. The molecule has 3 fully saturated rings. The normalized spacial score (nSPS) is 30.5. The minimum atomic E-state index is 0.0213. The molecule has 3 saturated heterocycles. The first-order valence-electron chi connectivity index (χ1n) is 7.62. The molecule has 110 valence electrons. The summed E-state index contributed by atoms with van der Waals surface area (Å²) < 4.78 is 5.93. The highest BCUT2D eigenvalue weighted by Crippen LogP contribution is 2.31. The third kappa shape index (κ3) is 2.68. The van der Waals surface area contributed by atoms with E-state index < -0.39 is 0 Å². The van der Waals surface area contributed by atoms with Crippen molar-refractivity contribution in [1.82, 2.24) is 9.80 Å². The summed E-state index contributed by atoms with van der Waals surface area (Å²) in [7, 11) is 0. The Morgan fingerprint density at radius 2 is 1.85 bits per heavy atom. The van der Waals surface area contributed by atoms with Crippen LogP contribution in [0.25, 0.3) is 0 Å². The van der Waals surface area contributed by atoms with E-state index in [1.54, 1.807) is 0 Å². The maximum atomic E-state index is 6.58. The largest absolute Gasteiger partial charge is 0.491 e. The second-order valence-electron chi connectivity index (χ2n) is 6.13. The number of benzene rings is 1. The minimum Gasteiger partial charge on any atom is -0.491 e. The molecule has 0 spiro atoms. The number of piperazine rings is 3. The molecule has 0 radical (unpaired) electrons. The molecule has 20 heavy (non-hydrogen) atoms. The van der Waals surface area contributed by atoms with Crippen molar-refractivity contribution in [3.8, 4) is 5.75 Å². The molecule has 4 heteroatoms. The molecule has 3 aliphatic heterocycles. The van der Waals surface area contributed by atoms with E-state index in [-0.39, 0.29) is 12.1 Å². The zero-order valence-electron chi connectivity index (χ0n) is 12.5.